The summed E-state index contributed by atoms with van der Waals surface area (Å²) in [6, 6.07) is 4.08. The largest absolute Gasteiger partial charge is 0.341 e. The lowest BCUT2D eigenvalue weighted by atomic mass is 10.00. The Kier molecular flexibility index (Phi) is 6.03. The van der Waals surface area contributed by atoms with Gasteiger partial charge in [-0.05, 0) is 55.9 Å². The Bertz CT molecular complexity index is 622. The fourth-order valence-electron chi connectivity index (χ4n) is 3.21. The molecular formula is C20H30N2O2. The van der Waals surface area contributed by atoms with E-state index in [1.54, 1.807) is 0 Å². The second-order valence-electron chi connectivity index (χ2n) is 7.38. The van der Waals surface area contributed by atoms with Crippen LogP contribution < -0.4 is 0 Å². The molecule has 1 fully saturated rings. The molecular weight excluding hydrogens is 300 g/mol. The standard InChI is InChI=1S/C20H30N2O2/c1-14(2)11-19(23)21-7-6-8-22(10-9-21)20(24)18-13-16(4)15(3)12-17(18)5/h12-14H,6-11H2,1-5H3. The number of carbonyl (C=O) groups excluding carboxylic acids is 2. The van der Waals surface area contributed by atoms with Gasteiger partial charge in [0.15, 0.2) is 0 Å². The molecule has 1 saturated heterocycles. The van der Waals surface area contributed by atoms with Crippen molar-refractivity contribution in [3.05, 3.63) is 34.4 Å². The predicted octanol–water partition coefficient (Wildman–Crippen LogP) is 3.33. The van der Waals surface area contributed by atoms with E-state index in [4.69, 9.17) is 0 Å². The maximum absolute atomic E-state index is 12.9. The Morgan fingerprint density at radius 2 is 1.50 bits per heavy atom. The molecule has 1 aromatic carbocycles. The van der Waals surface area contributed by atoms with Crippen LogP contribution in [0.25, 0.3) is 0 Å². The molecule has 4 nitrogen and oxygen atoms in total. The van der Waals surface area contributed by atoms with Crippen molar-refractivity contribution in [3.63, 3.8) is 0 Å². The van der Waals surface area contributed by atoms with Crippen LogP contribution in [0.15, 0.2) is 12.1 Å². The van der Waals surface area contributed by atoms with Gasteiger partial charge in [0.25, 0.3) is 5.91 Å². The van der Waals surface area contributed by atoms with Gasteiger partial charge in [0.05, 0.1) is 0 Å². The molecule has 4 heteroatoms. The third kappa shape index (κ3) is 4.37. The molecule has 24 heavy (non-hydrogen) atoms. The van der Waals surface area contributed by atoms with Crippen molar-refractivity contribution in [1.29, 1.82) is 0 Å². The van der Waals surface area contributed by atoms with Gasteiger partial charge in [0, 0.05) is 38.2 Å². The topological polar surface area (TPSA) is 40.6 Å². The SMILES string of the molecule is Cc1cc(C)c(C(=O)N2CCCN(C(=O)CC(C)C)CC2)cc1C. The van der Waals surface area contributed by atoms with E-state index in [1.165, 1.54) is 5.56 Å². The van der Waals surface area contributed by atoms with Crippen LogP contribution in [0.1, 0.15) is 53.7 Å². The average Bonchev–Trinajstić information content (AvgIpc) is 2.75. The number of nitrogens with zero attached hydrogens (tertiary/aromatic N) is 2. The molecule has 0 spiro atoms. The normalized spacial score (nSPS) is 15.6. The first kappa shape index (κ1) is 18.5. The molecule has 0 aromatic heterocycles. The first-order valence-corrected chi connectivity index (χ1v) is 8.94. The van der Waals surface area contributed by atoms with Crippen LogP contribution >= 0.6 is 0 Å². The van der Waals surface area contributed by atoms with E-state index in [0.717, 1.165) is 36.2 Å². The molecule has 0 radical (unpaired) electrons. The quantitative estimate of drug-likeness (QED) is 0.853. The Morgan fingerprint density at radius 3 is 2.17 bits per heavy atom. The molecule has 1 heterocycles. The van der Waals surface area contributed by atoms with E-state index in [2.05, 4.69) is 26.8 Å². The zero-order valence-electron chi connectivity index (χ0n) is 15.7. The van der Waals surface area contributed by atoms with Crippen molar-refractivity contribution >= 4 is 11.8 Å². The minimum atomic E-state index is 0.0914. The summed E-state index contributed by atoms with van der Waals surface area (Å²) in [6.45, 7) is 13.0. The smallest absolute Gasteiger partial charge is 0.254 e. The first-order valence-electron chi connectivity index (χ1n) is 8.94. The number of rotatable bonds is 3. The predicted molar refractivity (Wildman–Crippen MR) is 97.2 cm³/mol. The van der Waals surface area contributed by atoms with Gasteiger partial charge in [-0.15, -0.1) is 0 Å². The van der Waals surface area contributed by atoms with E-state index >= 15 is 0 Å². The van der Waals surface area contributed by atoms with Crippen molar-refractivity contribution in [2.45, 2.75) is 47.5 Å². The van der Waals surface area contributed by atoms with Crippen molar-refractivity contribution in [2.75, 3.05) is 26.2 Å². The highest BCUT2D eigenvalue weighted by molar-refractivity contribution is 5.96. The van der Waals surface area contributed by atoms with Crippen molar-refractivity contribution in [3.8, 4) is 0 Å². The van der Waals surface area contributed by atoms with E-state index < -0.39 is 0 Å². The minimum absolute atomic E-state index is 0.0914. The summed E-state index contributed by atoms with van der Waals surface area (Å²) >= 11 is 0. The number of carbonyl (C=O) groups is 2. The van der Waals surface area contributed by atoms with E-state index in [-0.39, 0.29) is 11.8 Å². The lowest BCUT2D eigenvalue weighted by molar-refractivity contribution is -0.131. The molecule has 0 unspecified atom stereocenters. The van der Waals surface area contributed by atoms with Crippen molar-refractivity contribution < 1.29 is 9.59 Å². The summed E-state index contributed by atoms with van der Waals surface area (Å²) in [5.74, 6) is 0.673. The summed E-state index contributed by atoms with van der Waals surface area (Å²) < 4.78 is 0. The number of benzene rings is 1. The summed E-state index contributed by atoms with van der Waals surface area (Å²) in [5.41, 5.74) is 4.18. The number of hydrogen-bond donors (Lipinski definition) is 0. The highest BCUT2D eigenvalue weighted by Crippen LogP contribution is 2.18. The van der Waals surface area contributed by atoms with E-state index in [9.17, 15) is 9.59 Å². The molecule has 132 valence electrons. The van der Waals surface area contributed by atoms with Crippen LogP contribution in [-0.4, -0.2) is 47.8 Å². The molecule has 1 aliphatic rings. The van der Waals surface area contributed by atoms with Crippen LogP contribution in [0.5, 0.6) is 0 Å². The van der Waals surface area contributed by atoms with E-state index in [0.29, 0.717) is 25.4 Å². The maximum Gasteiger partial charge on any atom is 0.254 e. The Labute approximate surface area is 145 Å². The van der Waals surface area contributed by atoms with Crippen LogP contribution in [0.2, 0.25) is 0 Å². The lowest BCUT2D eigenvalue weighted by Gasteiger charge is -2.23. The third-order valence-electron chi connectivity index (χ3n) is 4.79. The monoisotopic (exact) mass is 330 g/mol. The summed E-state index contributed by atoms with van der Waals surface area (Å²) in [4.78, 5) is 29.0. The molecule has 0 atom stereocenters. The van der Waals surface area contributed by atoms with Crippen LogP contribution in [0, 0.1) is 26.7 Å². The number of hydrogen-bond acceptors (Lipinski definition) is 2. The van der Waals surface area contributed by atoms with Gasteiger partial charge in [-0.1, -0.05) is 19.9 Å². The zero-order valence-corrected chi connectivity index (χ0v) is 15.7. The Balaban J connectivity index is 2.07. The highest BCUT2D eigenvalue weighted by atomic mass is 16.2. The van der Waals surface area contributed by atoms with Gasteiger partial charge in [0.2, 0.25) is 5.91 Å². The zero-order chi connectivity index (χ0) is 17.9. The molecule has 2 rings (SSSR count). The first-order chi connectivity index (χ1) is 11.3. The summed E-state index contributed by atoms with van der Waals surface area (Å²) in [7, 11) is 0. The minimum Gasteiger partial charge on any atom is -0.341 e. The molecule has 0 saturated carbocycles. The Morgan fingerprint density at radius 1 is 0.917 bits per heavy atom. The van der Waals surface area contributed by atoms with Crippen LogP contribution in [0.3, 0.4) is 0 Å². The van der Waals surface area contributed by atoms with Gasteiger partial charge in [-0.25, -0.2) is 0 Å². The second kappa shape index (κ2) is 7.82. The lowest BCUT2D eigenvalue weighted by Crippen LogP contribution is -2.37. The number of aryl methyl sites for hydroxylation is 3. The Hall–Kier alpha value is -1.84. The number of amides is 2. The molecule has 0 bridgehead atoms. The highest BCUT2D eigenvalue weighted by Gasteiger charge is 2.24. The summed E-state index contributed by atoms with van der Waals surface area (Å²) in [5, 5.41) is 0. The van der Waals surface area contributed by atoms with Gasteiger partial charge < -0.3 is 9.80 Å². The molecule has 0 N–H and O–H groups in total. The van der Waals surface area contributed by atoms with Crippen molar-refractivity contribution in [1.82, 2.24) is 9.80 Å². The van der Waals surface area contributed by atoms with Gasteiger partial charge in [-0.2, -0.15) is 0 Å². The van der Waals surface area contributed by atoms with E-state index in [1.807, 2.05) is 29.7 Å². The van der Waals surface area contributed by atoms with Gasteiger partial charge in [-0.3, -0.25) is 9.59 Å². The fourth-order valence-corrected chi connectivity index (χ4v) is 3.21. The van der Waals surface area contributed by atoms with Crippen LogP contribution in [-0.2, 0) is 4.79 Å². The molecule has 1 aliphatic heterocycles. The van der Waals surface area contributed by atoms with Crippen molar-refractivity contribution in [2.24, 2.45) is 5.92 Å². The van der Waals surface area contributed by atoms with Gasteiger partial charge in [0.1, 0.15) is 0 Å². The third-order valence-corrected chi connectivity index (χ3v) is 4.79. The summed E-state index contributed by atoms with van der Waals surface area (Å²) in [6.07, 6.45) is 1.43. The van der Waals surface area contributed by atoms with Gasteiger partial charge >= 0.3 is 0 Å². The maximum atomic E-state index is 12.9. The molecule has 2 amide bonds. The second-order valence-corrected chi connectivity index (χ2v) is 7.38. The molecule has 1 aromatic rings. The van der Waals surface area contributed by atoms with Crippen LogP contribution in [0.4, 0.5) is 0 Å². The molecule has 0 aliphatic carbocycles. The average molecular weight is 330 g/mol. The fraction of sp³-hybridized carbons (Fsp3) is 0.600.